The molecule has 1 unspecified atom stereocenters. The molecule has 2 atom stereocenters. The molecule has 1 aliphatic heterocycles. The number of nitroso groups, excluding NO2 is 1. The topological polar surface area (TPSA) is 103 Å². The number of carbonyl (C=O) groups excluding carboxylic acids is 1. The van der Waals surface area contributed by atoms with E-state index in [4.69, 9.17) is 9.47 Å². The third-order valence-electron chi connectivity index (χ3n) is 4.60. The molecule has 2 aromatic rings. The third kappa shape index (κ3) is 4.69. The van der Waals surface area contributed by atoms with Crippen molar-refractivity contribution in [2.45, 2.75) is 38.8 Å². The number of aromatic nitrogens is 2. The van der Waals surface area contributed by atoms with Gasteiger partial charge in [0.2, 0.25) is 6.17 Å². The number of nitrogens with zero attached hydrogens (tertiary/aromatic N) is 3. The predicted octanol–water partition coefficient (Wildman–Crippen LogP) is 4.38. The molecule has 0 saturated carbocycles. The largest absolute Gasteiger partial charge is 0.363 e. The molecule has 1 aliphatic rings. The Kier molecular flexibility index (Phi) is 6.91. The molecule has 0 aliphatic carbocycles. The summed E-state index contributed by atoms with van der Waals surface area (Å²) in [5.41, 5.74) is -1.44. The number of carbonyl (C=O) groups is 1. The molecule has 0 bridgehead atoms. The smallest absolute Gasteiger partial charge is 0.326 e. The van der Waals surface area contributed by atoms with Crippen LogP contribution >= 0.6 is 0 Å². The molecule has 0 radical (unpaired) electrons. The van der Waals surface area contributed by atoms with Crippen molar-refractivity contribution in [3.63, 3.8) is 0 Å². The lowest BCUT2D eigenvalue weighted by Gasteiger charge is -2.23. The Labute approximate surface area is 174 Å². The zero-order chi connectivity index (χ0) is 22.7. The lowest BCUT2D eigenvalue weighted by atomic mass is 10.0. The molecule has 1 aromatic heterocycles. The minimum Gasteiger partial charge on any atom is -0.363 e. The van der Waals surface area contributed by atoms with Crippen LogP contribution in [-0.2, 0) is 14.3 Å². The molecule has 1 saturated heterocycles. The lowest BCUT2D eigenvalue weighted by molar-refractivity contribution is -0.123. The Morgan fingerprint density at radius 2 is 1.84 bits per heavy atom. The first-order valence-electron chi connectivity index (χ1n) is 9.20. The number of rotatable bonds is 7. The van der Waals surface area contributed by atoms with Crippen LogP contribution in [0.5, 0.6) is 0 Å². The molecular formula is C19H18F4N4O4. The Bertz CT molecular complexity index is 986. The van der Waals surface area contributed by atoms with Gasteiger partial charge in [-0.05, 0) is 13.8 Å². The van der Waals surface area contributed by atoms with Gasteiger partial charge in [0, 0.05) is 10.7 Å². The average Bonchev–Trinajstić information content (AvgIpc) is 3.26. The van der Waals surface area contributed by atoms with Crippen molar-refractivity contribution in [1.29, 1.82) is 0 Å². The normalized spacial score (nSPS) is 16.4. The molecule has 3 rings (SSSR count). The summed E-state index contributed by atoms with van der Waals surface area (Å²) in [5.74, 6) is -2.74. The molecular weight excluding hydrogens is 424 g/mol. The van der Waals surface area contributed by atoms with Crippen molar-refractivity contribution in [3.8, 4) is 0 Å². The number of halogens is 4. The lowest BCUT2D eigenvalue weighted by Crippen LogP contribution is -2.20. The summed E-state index contributed by atoms with van der Waals surface area (Å²) in [5, 5.41) is 4.91. The van der Waals surface area contributed by atoms with E-state index in [0.717, 1.165) is 6.07 Å². The number of nitrogens with one attached hydrogen (secondary N) is 1. The summed E-state index contributed by atoms with van der Waals surface area (Å²) in [6.07, 6.45) is -6.68. The average molecular weight is 442 g/mol. The molecule has 1 N–H and O–H groups in total. The van der Waals surface area contributed by atoms with E-state index in [1.165, 1.54) is 26.0 Å². The zero-order valence-corrected chi connectivity index (χ0v) is 16.4. The number of anilines is 1. The van der Waals surface area contributed by atoms with Gasteiger partial charge in [-0.25, -0.2) is 27.5 Å². The quantitative estimate of drug-likeness (QED) is 0.501. The highest BCUT2D eigenvalue weighted by Crippen LogP contribution is 2.37. The summed E-state index contributed by atoms with van der Waals surface area (Å²) in [4.78, 5) is 30.2. The standard InChI is InChI=1S/C19H18F4N4O4/c1-8(10-4-3-5-11(13(10)20)16(22)23)24-17-12(19-30-6-7-31-19)15(25-9(2)26-17)14(21)18(28)27-29/h3-5,8,14,16,19H,6-7H2,1-2H3,(H,24,25,26)/t8-,14?/m1/s1. The van der Waals surface area contributed by atoms with E-state index in [-0.39, 0.29) is 36.0 Å². The molecule has 0 spiro atoms. The zero-order valence-electron chi connectivity index (χ0n) is 16.4. The molecule has 31 heavy (non-hydrogen) atoms. The van der Waals surface area contributed by atoms with Crippen molar-refractivity contribution in [2.24, 2.45) is 5.18 Å². The third-order valence-corrected chi connectivity index (χ3v) is 4.60. The van der Waals surface area contributed by atoms with E-state index in [0.29, 0.717) is 0 Å². The maximum atomic E-state index is 14.7. The van der Waals surface area contributed by atoms with Gasteiger partial charge < -0.3 is 14.8 Å². The summed E-state index contributed by atoms with van der Waals surface area (Å²) < 4.78 is 66.1. The van der Waals surface area contributed by atoms with Gasteiger partial charge in [0.15, 0.2) is 6.29 Å². The number of amides is 1. The molecule has 1 fully saturated rings. The second kappa shape index (κ2) is 9.43. The molecule has 2 heterocycles. The highest BCUT2D eigenvalue weighted by Gasteiger charge is 2.35. The second-order valence-corrected chi connectivity index (χ2v) is 6.70. The summed E-state index contributed by atoms with van der Waals surface area (Å²) >= 11 is 0. The number of hydrogen-bond acceptors (Lipinski definition) is 7. The van der Waals surface area contributed by atoms with Crippen LogP contribution in [-0.4, -0.2) is 29.1 Å². The summed E-state index contributed by atoms with van der Waals surface area (Å²) in [6, 6.07) is 2.66. The predicted molar refractivity (Wildman–Crippen MR) is 99.5 cm³/mol. The van der Waals surface area contributed by atoms with Crippen molar-refractivity contribution in [2.75, 3.05) is 18.5 Å². The Hall–Kier alpha value is -2.99. The van der Waals surface area contributed by atoms with Crippen LogP contribution in [0.4, 0.5) is 23.4 Å². The SMILES string of the molecule is Cc1nc(N[C@H](C)c2cccc(C(F)F)c2F)c(C2OCCO2)c(C(F)C(=O)N=O)n1. The van der Waals surface area contributed by atoms with E-state index in [9.17, 15) is 27.3 Å². The van der Waals surface area contributed by atoms with Crippen LogP contribution < -0.4 is 5.32 Å². The molecule has 1 aromatic carbocycles. The summed E-state index contributed by atoms with van der Waals surface area (Å²) in [7, 11) is 0. The highest BCUT2D eigenvalue weighted by molar-refractivity contribution is 5.83. The second-order valence-electron chi connectivity index (χ2n) is 6.70. The fraction of sp³-hybridized carbons (Fsp3) is 0.421. The fourth-order valence-electron chi connectivity index (χ4n) is 3.18. The van der Waals surface area contributed by atoms with Gasteiger partial charge >= 0.3 is 5.91 Å². The van der Waals surface area contributed by atoms with Gasteiger partial charge in [-0.3, -0.25) is 4.79 Å². The maximum absolute atomic E-state index is 14.7. The van der Waals surface area contributed by atoms with Gasteiger partial charge in [0.05, 0.1) is 36.1 Å². The first-order valence-corrected chi connectivity index (χ1v) is 9.20. The van der Waals surface area contributed by atoms with E-state index in [1.54, 1.807) is 0 Å². The van der Waals surface area contributed by atoms with Crippen LogP contribution in [0.2, 0.25) is 0 Å². The minimum atomic E-state index is -3.01. The maximum Gasteiger partial charge on any atom is 0.326 e. The number of hydrogen-bond donors (Lipinski definition) is 1. The van der Waals surface area contributed by atoms with E-state index in [1.807, 2.05) is 0 Å². The minimum absolute atomic E-state index is 0.0228. The van der Waals surface area contributed by atoms with Crippen LogP contribution in [0.1, 0.15) is 60.1 Å². The first-order chi connectivity index (χ1) is 14.7. The van der Waals surface area contributed by atoms with Crippen molar-refractivity contribution < 1.29 is 31.8 Å². The van der Waals surface area contributed by atoms with Gasteiger partial charge in [-0.1, -0.05) is 18.2 Å². The summed E-state index contributed by atoms with van der Waals surface area (Å²) in [6.45, 7) is 3.21. The van der Waals surface area contributed by atoms with Gasteiger partial charge in [0.25, 0.3) is 6.43 Å². The number of aryl methyl sites for hydroxylation is 1. The van der Waals surface area contributed by atoms with Gasteiger partial charge in [0.1, 0.15) is 17.5 Å². The molecule has 1 amide bonds. The van der Waals surface area contributed by atoms with Crippen LogP contribution in [0.15, 0.2) is 23.4 Å². The van der Waals surface area contributed by atoms with Gasteiger partial charge in [-0.2, -0.15) is 0 Å². The number of alkyl halides is 3. The van der Waals surface area contributed by atoms with Crippen LogP contribution in [0.3, 0.4) is 0 Å². The van der Waals surface area contributed by atoms with E-state index < -0.39 is 47.9 Å². The van der Waals surface area contributed by atoms with E-state index >= 15 is 0 Å². The number of ether oxygens (including phenoxy) is 2. The van der Waals surface area contributed by atoms with Crippen LogP contribution in [0.25, 0.3) is 0 Å². The van der Waals surface area contributed by atoms with Crippen LogP contribution in [0, 0.1) is 17.6 Å². The van der Waals surface area contributed by atoms with E-state index in [2.05, 4.69) is 20.5 Å². The Morgan fingerprint density at radius 3 is 2.45 bits per heavy atom. The Morgan fingerprint density at radius 1 is 1.19 bits per heavy atom. The molecule has 8 nitrogen and oxygen atoms in total. The highest BCUT2D eigenvalue weighted by atomic mass is 19.3. The molecule has 166 valence electrons. The van der Waals surface area contributed by atoms with Crippen molar-refractivity contribution >= 4 is 11.7 Å². The van der Waals surface area contributed by atoms with Gasteiger partial charge in [-0.15, -0.1) is 4.91 Å². The molecule has 12 heteroatoms. The van der Waals surface area contributed by atoms with Crippen molar-refractivity contribution in [1.82, 2.24) is 9.97 Å². The van der Waals surface area contributed by atoms with Crippen molar-refractivity contribution in [3.05, 3.63) is 57.1 Å². The Balaban J connectivity index is 2.06. The fourth-order valence-corrected chi connectivity index (χ4v) is 3.18. The monoisotopic (exact) mass is 442 g/mol. The number of benzene rings is 1. The first kappa shape index (κ1) is 22.7.